The fourth-order valence-corrected chi connectivity index (χ4v) is 3.88. The Morgan fingerprint density at radius 1 is 1.12 bits per heavy atom. The number of anilines is 1. The van der Waals surface area contributed by atoms with E-state index >= 15 is 0 Å². The Balaban J connectivity index is 1.36. The minimum Gasteiger partial charge on any atom is -0.319 e. The highest BCUT2D eigenvalue weighted by Gasteiger charge is 2.49. The Hall–Kier alpha value is -3.15. The van der Waals surface area contributed by atoms with Crippen molar-refractivity contribution >= 4 is 11.7 Å². The highest BCUT2D eigenvalue weighted by Crippen LogP contribution is 2.52. The Labute approximate surface area is 151 Å². The molecule has 0 atom stereocenters. The normalized spacial score (nSPS) is 17.0. The number of benzene rings is 2. The molecule has 1 aliphatic heterocycles. The summed E-state index contributed by atoms with van der Waals surface area (Å²) in [6, 6.07) is 16.1. The number of nitrogens with one attached hydrogen (secondary N) is 1. The fraction of sp³-hybridized carbons (Fsp3) is 0.250. The molecule has 2 amide bonds. The van der Waals surface area contributed by atoms with Crippen LogP contribution in [0.3, 0.4) is 0 Å². The van der Waals surface area contributed by atoms with Crippen molar-refractivity contribution in [2.75, 3.05) is 11.9 Å². The van der Waals surface area contributed by atoms with Crippen LogP contribution >= 0.6 is 0 Å². The Morgan fingerprint density at radius 3 is 2.81 bits per heavy atom. The van der Waals surface area contributed by atoms with Gasteiger partial charge in [0.15, 0.2) is 0 Å². The van der Waals surface area contributed by atoms with Crippen LogP contribution in [-0.4, -0.2) is 32.5 Å². The molecule has 1 saturated carbocycles. The van der Waals surface area contributed by atoms with E-state index in [0.717, 1.165) is 30.8 Å². The van der Waals surface area contributed by atoms with E-state index in [9.17, 15) is 4.79 Å². The molecule has 3 aromatic rings. The van der Waals surface area contributed by atoms with Gasteiger partial charge in [-0.3, -0.25) is 0 Å². The van der Waals surface area contributed by atoms with E-state index < -0.39 is 0 Å². The zero-order valence-electron chi connectivity index (χ0n) is 14.3. The highest BCUT2D eigenvalue weighted by atomic mass is 16.2. The second-order valence-corrected chi connectivity index (χ2v) is 7.12. The maximum Gasteiger partial charge on any atom is 0.322 e. The third-order valence-corrected chi connectivity index (χ3v) is 5.37. The zero-order chi connectivity index (χ0) is 17.6. The first-order valence-electron chi connectivity index (χ1n) is 8.85. The average molecular weight is 345 g/mol. The number of nitrogens with zero attached hydrogens (tertiary/aromatic N) is 4. The molecule has 2 aliphatic rings. The van der Waals surface area contributed by atoms with Crippen molar-refractivity contribution in [2.24, 2.45) is 0 Å². The lowest BCUT2D eigenvalue weighted by Gasteiger charge is -2.35. The monoisotopic (exact) mass is 345 g/mol. The van der Waals surface area contributed by atoms with E-state index in [1.54, 1.807) is 17.1 Å². The third-order valence-electron chi connectivity index (χ3n) is 5.37. The number of carbonyl (C=O) groups excluding carboxylic acids is 1. The van der Waals surface area contributed by atoms with Gasteiger partial charge < -0.3 is 10.2 Å². The smallest absolute Gasteiger partial charge is 0.319 e. The van der Waals surface area contributed by atoms with Crippen LogP contribution in [0.2, 0.25) is 0 Å². The summed E-state index contributed by atoms with van der Waals surface area (Å²) < 4.78 is 1.67. The molecule has 1 spiro atoms. The van der Waals surface area contributed by atoms with Crippen LogP contribution in [0.1, 0.15) is 24.0 Å². The van der Waals surface area contributed by atoms with Crippen molar-refractivity contribution in [2.45, 2.75) is 24.8 Å². The van der Waals surface area contributed by atoms with Crippen LogP contribution in [-0.2, 0) is 12.0 Å². The van der Waals surface area contributed by atoms with Gasteiger partial charge in [0.25, 0.3) is 0 Å². The second-order valence-electron chi connectivity index (χ2n) is 7.12. The SMILES string of the molecule is O=C(Nc1cccc(-n2ccnn2)c1)N1Cc2ccccc2C2(CC2)C1. The number of hydrogen-bond donors (Lipinski definition) is 1. The summed E-state index contributed by atoms with van der Waals surface area (Å²) in [5, 5.41) is 10.9. The minimum atomic E-state index is -0.0541. The predicted octanol–water partition coefficient (Wildman–Crippen LogP) is 3.35. The summed E-state index contributed by atoms with van der Waals surface area (Å²) in [4.78, 5) is 14.8. The van der Waals surface area contributed by atoms with Gasteiger partial charge in [-0.15, -0.1) is 5.10 Å². The first-order valence-corrected chi connectivity index (χ1v) is 8.85. The van der Waals surface area contributed by atoms with E-state index in [-0.39, 0.29) is 11.4 Å². The van der Waals surface area contributed by atoms with Crippen molar-refractivity contribution < 1.29 is 4.79 Å². The van der Waals surface area contributed by atoms with Gasteiger partial charge >= 0.3 is 6.03 Å². The molecule has 2 aromatic carbocycles. The third kappa shape index (κ3) is 2.54. The van der Waals surface area contributed by atoms with E-state index in [0.29, 0.717) is 6.54 Å². The van der Waals surface area contributed by atoms with E-state index in [1.165, 1.54) is 11.1 Å². The molecule has 2 heterocycles. The van der Waals surface area contributed by atoms with Crippen LogP contribution in [0.4, 0.5) is 10.5 Å². The summed E-state index contributed by atoms with van der Waals surface area (Å²) in [5.74, 6) is 0. The standard InChI is InChI=1S/C20H19N5O/c26-19(22-16-5-3-6-17(12-16)25-11-10-21-23-25)24-13-15-4-1-2-7-18(15)20(14-24)8-9-20/h1-7,10-12H,8-9,13-14H2,(H,22,26). The summed E-state index contributed by atoms with van der Waals surface area (Å²) in [6.07, 6.45) is 5.73. The Kier molecular flexibility index (Phi) is 3.31. The molecule has 26 heavy (non-hydrogen) atoms. The first kappa shape index (κ1) is 15.1. The summed E-state index contributed by atoms with van der Waals surface area (Å²) >= 11 is 0. The Bertz CT molecular complexity index is 962. The van der Waals surface area contributed by atoms with Gasteiger partial charge in [0, 0.05) is 24.2 Å². The van der Waals surface area contributed by atoms with Gasteiger partial charge in [0.2, 0.25) is 0 Å². The molecule has 6 heteroatoms. The maximum absolute atomic E-state index is 12.9. The summed E-state index contributed by atoms with van der Waals surface area (Å²) in [7, 11) is 0. The zero-order valence-corrected chi connectivity index (χ0v) is 14.3. The minimum absolute atomic E-state index is 0.0541. The van der Waals surface area contributed by atoms with E-state index in [4.69, 9.17) is 0 Å². The molecular weight excluding hydrogens is 326 g/mol. The lowest BCUT2D eigenvalue weighted by molar-refractivity contribution is 0.197. The van der Waals surface area contributed by atoms with Crippen LogP contribution in [0.5, 0.6) is 0 Å². The number of carbonyl (C=O) groups is 1. The molecule has 6 nitrogen and oxygen atoms in total. The van der Waals surface area contributed by atoms with Crippen molar-refractivity contribution in [1.82, 2.24) is 19.9 Å². The van der Waals surface area contributed by atoms with Crippen molar-refractivity contribution in [3.05, 3.63) is 72.1 Å². The fourth-order valence-electron chi connectivity index (χ4n) is 3.88. The van der Waals surface area contributed by atoms with Gasteiger partial charge in [0.1, 0.15) is 0 Å². The predicted molar refractivity (Wildman–Crippen MR) is 98.1 cm³/mol. The second kappa shape index (κ2) is 5.69. The number of rotatable bonds is 2. The van der Waals surface area contributed by atoms with E-state index in [2.05, 4.69) is 39.9 Å². The number of aromatic nitrogens is 3. The molecule has 0 saturated heterocycles. The molecule has 1 aromatic heterocycles. The van der Waals surface area contributed by atoms with Crippen LogP contribution in [0, 0.1) is 0 Å². The number of amides is 2. The summed E-state index contributed by atoms with van der Waals surface area (Å²) in [5.41, 5.74) is 4.49. The van der Waals surface area contributed by atoms with E-state index in [1.807, 2.05) is 29.2 Å². The molecular formula is C20H19N5O. The highest BCUT2D eigenvalue weighted by molar-refractivity contribution is 5.90. The first-order chi connectivity index (χ1) is 12.7. The van der Waals surface area contributed by atoms with Gasteiger partial charge in [0.05, 0.1) is 18.1 Å². The maximum atomic E-state index is 12.9. The molecule has 0 bridgehead atoms. The molecule has 1 fully saturated rings. The van der Waals surface area contributed by atoms with Gasteiger partial charge in [-0.1, -0.05) is 35.5 Å². The van der Waals surface area contributed by atoms with Gasteiger partial charge in [-0.05, 0) is 42.2 Å². The van der Waals surface area contributed by atoms with Crippen molar-refractivity contribution in [3.63, 3.8) is 0 Å². The average Bonchev–Trinajstić information content (AvgIpc) is 3.21. The van der Waals surface area contributed by atoms with Crippen LogP contribution in [0.25, 0.3) is 5.69 Å². The topological polar surface area (TPSA) is 63.1 Å². The Morgan fingerprint density at radius 2 is 2.00 bits per heavy atom. The largest absolute Gasteiger partial charge is 0.322 e. The number of fused-ring (bicyclic) bond motifs is 2. The molecule has 130 valence electrons. The van der Waals surface area contributed by atoms with Crippen LogP contribution < -0.4 is 5.32 Å². The molecule has 1 N–H and O–H groups in total. The van der Waals surface area contributed by atoms with Gasteiger partial charge in [-0.25, -0.2) is 9.48 Å². The lowest BCUT2D eigenvalue weighted by Crippen LogP contribution is -2.43. The van der Waals surface area contributed by atoms with Gasteiger partial charge in [-0.2, -0.15) is 0 Å². The molecule has 0 unspecified atom stereocenters. The van der Waals surface area contributed by atoms with Crippen molar-refractivity contribution in [1.29, 1.82) is 0 Å². The number of hydrogen-bond acceptors (Lipinski definition) is 3. The molecule has 1 aliphatic carbocycles. The number of urea groups is 1. The molecule has 5 rings (SSSR count). The summed E-state index contributed by atoms with van der Waals surface area (Å²) in [6.45, 7) is 1.45. The quantitative estimate of drug-likeness (QED) is 0.775. The van der Waals surface area contributed by atoms with Crippen molar-refractivity contribution in [3.8, 4) is 5.69 Å². The van der Waals surface area contributed by atoms with Crippen LogP contribution in [0.15, 0.2) is 60.9 Å². The lowest BCUT2D eigenvalue weighted by atomic mass is 9.87. The molecule has 0 radical (unpaired) electrons.